The lowest BCUT2D eigenvalue weighted by Gasteiger charge is -2.11. The second-order valence-corrected chi connectivity index (χ2v) is 5.82. The van der Waals surface area contributed by atoms with E-state index in [0.29, 0.717) is 28.8 Å². The summed E-state index contributed by atoms with van der Waals surface area (Å²) in [5.74, 6) is 0.631. The van der Waals surface area contributed by atoms with Gasteiger partial charge in [0.25, 0.3) is 5.91 Å². The van der Waals surface area contributed by atoms with Crippen LogP contribution in [0.25, 0.3) is 0 Å². The third-order valence-corrected chi connectivity index (χ3v) is 3.91. The van der Waals surface area contributed by atoms with Gasteiger partial charge in [-0.15, -0.1) is 0 Å². The molecule has 1 amide bonds. The van der Waals surface area contributed by atoms with Crippen LogP contribution in [-0.4, -0.2) is 19.1 Å². The highest BCUT2D eigenvalue weighted by Crippen LogP contribution is 2.22. The summed E-state index contributed by atoms with van der Waals surface area (Å²) in [5, 5.41) is 3.57. The number of ether oxygens (including phenoxy) is 1. The van der Waals surface area contributed by atoms with Crippen LogP contribution in [-0.2, 0) is 0 Å². The van der Waals surface area contributed by atoms with Crippen molar-refractivity contribution in [1.82, 2.24) is 5.32 Å². The largest absolute Gasteiger partial charge is 0.491 e. The van der Waals surface area contributed by atoms with Crippen LogP contribution >= 0.6 is 23.2 Å². The van der Waals surface area contributed by atoms with Crippen molar-refractivity contribution in [2.75, 3.05) is 13.2 Å². The highest BCUT2D eigenvalue weighted by molar-refractivity contribution is 6.42. The molecule has 2 aromatic rings. The van der Waals surface area contributed by atoms with Gasteiger partial charge in [0.05, 0.1) is 16.6 Å². The van der Waals surface area contributed by atoms with E-state index in [9.17, 15) is 4.79 Å². The third-order valence-electron chi connectivity index (χ3n) is 3.17. The van der Waals surface area contributed by atoms with Gasteiger partial charge in [-0.1, -0.05) is 35.3 Å². The molecule has 0 aliphatic rings. The normalized spacial score (nSPS) is 10.4. The lowest BCUT2D eigenvalue weighted by molar-refractivity contribution is 0.0947. The van der Waals surface area contributed by atoms with E-state index < -0.39 is 0 Å². The Morgan fingerprint density at radius 3 is 2.59 bits per heavy atom. The van der Waals surface area contributed by atoms with E-state index in [1.165, 1.54) is 0 Å². The third kappa shape index (κ3) is 4.39. The second-order valence-electron chi connectivity index (χ2n) is 5.00. The zero-order valence-electron chi connectivity index (χ0n) is 12.5. The van der Waals surface area contributed by atoms with E-state index in [1.54, 1.807) is 18.2 Å². The number of hydrogen-bond acceptors (Lipinski definition) is 2. The molecule has 22 heavy (non-hydrogen) atoms. The Morgan fingerprint density at radius 2 is 1.86 bits per heavy atom. The van der Waals surface area contributed by atoms with E-state index in [4.69, 9.17) is 27.9 Å². The minimum atomic E-state index is -0.205. The van der Waals surface area contributed by atoms with Crippen molar-refractivity contribution in [3.8, 4) is 5.75 Å². The number of benzene rings is 2. The highest BCUT2D eigenvalue weighted by atomic mass is 35.5. The van der Waals surface area contributed by atoms with E-state index in [1.807, 2.05) is 32.0 Å². The first-order valence-electron chi connectivity index (χ1n) is 6.90. The Bertz CT molecular complexity index is 686. The molecule has 2 aromatic carbocycles. The maximum atomic E-state index is 12.0. The number of amides is 1. The number of rotatable bonds is 5. The molecule has 0 heterocycles. The van der Waals surface area contributed by atoms with E-state index >= 15 is 0 Å². The fourth-order valence-electron chi connectivity index (χ4n) is 1.93. The maximum absolute atomic E-state index is 12.0. The van der Waals surface area contributed by atoms with Crippen molar-refractivity contribution in [1.29, 1.82) is 0 Å². The van der Waals surface area contributed by atoms with Gasteiger partial charge in [-0.25, -0.2) is 0 Å². The molecule has 1 N–H and O–H groups in total. The number of halogens is 2. The zero-order valence-corrected chi connectivity index (χ0v) is 14.0. The predicted octanol–water partition coefficient (Wildman–Crippen LogP) is 4.42. The van der Waals surface area contributed by atoms with E-state index in [-0.39, 0.29) is 5.91 Å². The van der Waals surface area contributed by atoms with Crippen LogP contribution in [0.5, 0.6) is 5.75 Å². The van der Waals surface area contributed by atoms with Crippen LogP contribution in [0, 0.1) is 13.8 Å². The van der Waals surface area contributed by atoms with Crippen LogP contribution < -0.4 is 10.1 Å². The van der Waals surface area contributed by atoms with Crippen molar-refractivity contribution < 1.29 is 9.53 Å². The summed E-state index contributed by atoms with van der Waals surface area (Å²) in [7, 11) is 0. The molecule has 0 aromatic heterocycles. The SMILES string of the molecule is Cc1ccc(C)c(OCCNC(=O)c2ccc(Cl)c(Cl)c2)c1. The summed E-state index contributed by atoms with van der Waals surface area (Å²) in [5.41, 5.74) is 2.68. The van der Waals surface area contributed by atoms with Crippen molar-refractivity contribution >= 4 is 29.1 Å². The minimum Gasteiger partial charge on any atom is -0.491 e. The maximum Gasteiger partial charge on any atom is 0.251 e. The predicted molar refractivity (Wildman–Crippen MR) is 90.2 cm³/mol. The van der Waals surface area contributed by atoms with E-state index in [0.717, 1.165) is 16.9 Å². The molecule has 0 spiro atoms. The molecule has 116 valence electrons. The Hall–Kier alpha value is -1.71. The second kappa shape index (κ2) is 7.52. The van der Waals surface area contributed by atoms with Gasteiger partial charge in [-0.05, 0) is 49.2 Å². The number of hydrogen-bond donors (Lipinski definition) is 1. The van der Waals surface area contributed by atoms with Crippen molar-refractivity contribution in [2.24, 2.45) is 0 Å². The van der Waals surface area contributed by atoms with Crippen LogP contribution in [0.3, 0.4) is 0 Å². The average molecular weight is 338 g/mol. The number of carbonyl (C=O) groups excluding carboxylic acids is 1. The van der Waals surface area contributed by atoms with Crippen LogP contribution in [0.1, 0.15) is 21.5 Å². The Balaban J connectivity index is 1.84. The molecule has 0 aliphatic carbocycles. The topological polar surface area (TPSA) is 38.3 Å². The van der Waals surface area contributed by atoms with Gasteiger partial charge in [0, 0.05) is 5.56 Å². The van der Waals surface area contributed by atoms with Gasteiger partial charge < -0.3 is 10.1 Å². The van der Waals surface area contributed by atoms with Gasteiger partial charge in [-0.3, -0.25) is 4.79 Å². The monoisotopic (exact) mass is 337 g/mol. The van der Waals surface area contributed by atoms with Crippen molar-refractivity contribution in [3.05, 3.63) is 63.1 Å². The minimum absolute atomic E-state index is 0.205. The molecule has 0 fully saturated rings. The summed E-state index contributed by atoms with van der Waals surface area (Å²) in [6, 6.07) is 10.8. The average Bonchev–Trinajstić information content (AvgIpc) is 2.49. The fourth-order valence-corrected chi connectivity index (χ4v) is 2.23. The molecular formula is C17H17Cl2NO2. The van der Waals surface area contributed by atoms with Crippen LogP contribution in [0.4, 0.5) is 0 Å². The summed E-state index contributed by atoms with van der Waals surface area (Å²) in [4.78, 5) is 12.0. The number of nitrogens with one attached hydrogen (secondary N) is 1. The quantitative estimate of drug-likeness (QED) is 0.820. The first-order valence-corrected chi connectivity index (χ1v) is 7.66. The molecule has 0 unspecified atom stereocenters. The van der Waals surface area contributed by atoms with Crippen molar-refractivity contribution in [3.63, 3.8) is 0 Å². The Labute approximate surface area is 140 Å². The van der Waals surface area contributed by atoms with E-state index in [2.05, 4.69) is 5.32 Å². The highest BCUT2D eigenvalue weighted by Gasteiger charge is 2.07. The summed E-state index contributed by atoms with van der Waals surface area (Å²) < 4.78 is 5.68. The first-order chi connectivity index (χ1) is 10.5. The smallest absolute Gasteiger partial charge is 0.251 e. The lowest BCUT2D eigenvalue weighted by Crippen LogP contribution is -2.28. The van der Waals surface area contributed by atoms with Gasteiger partial charge in [0.2, 0.25) is 0 Å². The molecule has 0 saturated carbocycles. The molecule has 0 aliphatic heterocycles. The molecule has 3 nitrogen and oxygen atoms in total. The van der Waals surface area contributed by atoms with Gasteiger partial charge in [-0.2, -0.15) is 0 Å². The van der Waals surface area contributed by atoms with Gasteiger partial charge in [0.1, 0.15) is 12.4 Å². The molecule has 2 rings (SSSR count). The Kier molecular flexibility index (Phi) is 5.69. The Morgan fingerprint density at radius 1 is 1.09 bits per heavy atom. The molecule has 0 saturated heterocycles. The van der Waals surface area contributed by atoms with Crippen LogP contribution in [0.15, 0.2) is 36.4 Å². The fraction of sp³-hybridized carbons (Fsp3) is 0.235. The summed E-state index contributed by atoms with van der Waals surface area (Å²) in [6.45, 7) is 4.81. The van der Waals surface area contributed by atoms with Gasteiger partial charge in [0.15, 0.2) is 0 Å². The molecular weight excluding hydrogens is 321 g/mol. The molecule has 0 atom stereocenters. The first kappa shape index (κ1) is 16.7. The number of carbonyl (C=O) groups is 1. The lowest BCUT2D eigenvalue weighted by atomic mass is 10.1. The summed E-state index contributed by atoms with van der Waals surface area (Å²) >= 11 is 11.7. The molecule has 0 radical (unpaired) electrons. The number of aryl methyl sites for hydroxylation is 2. The van der Waals surface area contributed by atoms with Crippen LogP contribution in [0.2, 0.25) is 10.0 Å². The molecule has 5 heteroatoms. The summed E-state index contributed by atoms with van der Waals surface area (Å²) in [6.07, 6.45) is 0. The standard InChI is InChI=1S/C17H17Cl2NO2/c1-11-3-4-12(2)16(9-11)22-8-7-20-17(21)13-5-6-14(18)15(19)10-13/h3-6,9-10H,7-8H2,1-2H3,(H,20,21). The molecule has 0 bridgehead atoms. The van der Waals surface area contributed by atoms with Gasteiger partial charge >= 0.3 is 0 Å². The zero-order chi connectivity index (χ0) is 16.1. The van der Waals surface area contributed by atoms with Crippen molar-refractivity contribution in [2.45, 2.75) is 13.8 Å².